The van der Waals surface area contributed by atoms with Crippen molar-refractivity contribution in [1.29, 1.82) is 0 Å². The molecule has 0 spiro atoms. The highest BCUT2D eigenvalue weighted by molar-refractivity contribution is 5.72. The van der Waals surface area contributed by atoms with Crippen molar-refractivity contribution in [2.75, 3.05) is 39.6 Å². The second-order valence-corrected chi connectivity index (χ2v) is 15.2. The van der Waals surface area contributed by atoms with Gasteiger partial charge in [0, 0.05) is 12.8 Å². The van der Waals surface area contributed by atoms with Crippen LogP contribution >= 0.6 is 0 Å². The molecule has 53 heavy (non-hydrogen) atoms. The molecular formula is C43H80O10. The van der Waals surface area contributed by atoms with Crippen LogP contribution in [0.15, 0.2) is 0 Å². The predicted molar refractivity (Wildman–Crippen MR) is 210 cm³/mol. The summed E-state index contributed by atoms with van der Waals surface area (Å²) in [5, 5.41) is 19.9. The molecule has 0 rings (SSSR count). The number of rotatable bonds is 38. The molecule has 0 saturated carbocycles. The molecule has 0 heterocycles. The summed E-state index contributed by atoms with van der Waals surface area (Å²) in [6.45, 7) is 7.91. The van der Waals surface area contributed by atoms with Gasteiger partial charge in [-0.25, -0.2) is 0 Å². The molecule has 10 heteroatoms. The maximum Gasteiger partial charge on any atom is 0.308 e. The Morgan fingerprint density at radius 3 is 1.13 bits per heavy atom. The van der Waals surface area contributed by atoms with Gasteiger partial charge in [-0.2, -0.15) is 0 Å². The summed E-state index contributed by atoms with van der Waals surface area (Å²) in [5.41, 5.74) is -1.27. The van der Waals surface area contributed by atoms with Gasteiger partial charge in [0.1, 0.15) is 13.2 Å². The van der Waals surface area contributed by atoms with E-state index in [2.05, 4.69) is 27.7 Å². The average molecular weight is 757 g/mol. The van der Waals surface area contributed by atoms with Crippen LogP contribution in [-0.2, 0) is 38.1 Å². The number of esters is 4. The zero-order valence-corrected chi connectivity index (χ0v) is 34.4. The fourth-order valence-electron chi connectivity index (χ4n) is 6.21. The Labute approximate surface area is 323 Å². The second kappa shape index (κ2) is 35.5. The first-order chi connectivity index (χ1) is 25.7. The summed E-state index contributed by atoms with van der Waals surface area (Å²) < 4.78 is 21.8. The highest BCUT2D eigenvalue weighted by Gasteiger charge is 2.33. The number of carbonyl (C=O) groups is 4. The minimum atomic E-state index is -1.27. The highest BCUT2D eigenvalue weighted by atomic mass is 16.6. The maximum absolute atomic E-state index is 12.6. The van der Waals surface area contributed by atoms with Gasteiger partial charge in [0.05, 0.1) is 43.7 Å². The zero-order chi connectivity index (χ0) is 39.4. The van der Waals surface area contributed by atoms with Crippen LogP contribution < -0.4 is 0 Å². The molecule has 0 aliphatic carbocycles. The zero-order valence-electron chi connectivity index (χ0n) is 34.4. The molecule has 2 N–H and O–H groups in total. The van der Waals surface area contributed by atoms with Gasteiger partial charge in [0.15, 0.2) is 0 Å². The lowest BCUT2D eigenvalue weighted by Crippen LogP contribution is -2.41. The van der Waals surface area contributed by atoms with Crippen molar-refractivity contribution in [3.05, 3.63) is 0 Å². The molecule has 0 aromatic carbocycles. The highest BCUT2D eigenvalue weighted by Crippen LogP contribution is 2.22. The first-order valence-electron chi connectivity index (χ1n) is 21.6. The Hall–Kier alpha value is -2.20. The predicted octanol–water partition coefficient (Wildman–Crippen LogP) is 9.58. The molecule has 0 amide bonds. The average Bonchev–Trinajstić information content (AvgIpc) is 3.16. The maximum atomic E-state index is 12.6. The smallest absolute Gasteiger partial charge is 0.308 e. The lowest BCUT2D eigenvalue weighted by atomic mass is 9.92. The quantitative estimate of drug-likeness (QED) is 0.0355. The molecule has 10 nitrogen and oxygen atoms in total. The molecule has 0 fully saturated rings. The summed E-state index contributed by atoms with van der Waals surface area (Å²) in [7, 11) is 0. The molecule has 0 aliphatic rings. The van der Waals surface area contributed by atoms with Crippen LogP contribution in [0.5, 0.6) is 0 Å². The van der Waals surface area contributed by atoms with Gasteiger partial charge in [-0.1, -0.05) is 130 Å². The fraction of sp³-hybridized carbons (Fsp3) is 0.907. The third-order valence-electron chi connectivity index (χ3n) is 10.1. The van der Waals surface area contributed by atoms with Gasteiger partial charge in [-0.15, -0.1) is 0 Å². The normalized spacial score (nSPS) is 12.6. The molecular weight excluding hydrogens is 676 g/mol. The lowest BCUT2D eigenvalue weighted by Gasteiger charge is -2.28. The minimum Gasteiger partial charge on any atom is -0.465 e. The Balaban J connectivity index is 4.21. The van der Waals surface area contributed by atoms with E-state index in [1.807, 2.05) is 0 Å². The van der Waals surface area contributed by atoms with E-state index in [0.29, 0.717) is 26.1 Å². The van der Waals surface area contributed by atoms with E-state index < -0.39 is 30.6 Å². The van der Waals surface area contributed by atoms with Crippen LogP contribution in [0.4, 0.5) is 0 Å². The summed E-state index contributed by atoms with van der Waals surface area (Å²) in [6.07, 6.45) is 23.3. The summed E-state index contributed by atoms with van der Waals surface area (Å²) in [5.74, 6) is -1.05. The van der Waals surface area contributed by atoms with Crippen LogP contribution in [0.3, 0.4) is 0 Å². The number of carbonyl (C=O) groups excluding carboxylic acids is 4. The van der Waals surface area contributed by atoms with Crippen LogP contribution in [0.2, 0.25) is 0 Å². The molecule has 2 atom stereocenters. The van der Waals surface area contributed by atoms with Crippen molar-refractivity contribution in [1.82, 2.24) is 0 Å². The van der Waals surface area contributed by atoms with E-state index in [-0.39, 0.29) is 49.8 Å². The van der Waals surface area contributed by atoms with E-state index >= 15 is 0 Å². The van der Waals surface area contributed by atoms with Gasteiger partial charge in [-0.3, -0.25) is 19.2 Å². The number of hydrogen-bond donors (Lipinski definition) is 2. The Kier molecular flexibility index (Phi) is 34.0. The molecule has 0 bridgehead atoms. The molecule has 0 aromatic rings. The third kappa shape index (κ3) is 28.0. The number of hydrogen-bond acceptors (Lipinski definition) is 10. The fourth-order valence-corrected chi connectivity index (χ4v) is 6.21. The standard InChI is InChI=1S/C43H80O10/c1-5-9-13-19-27-37(25-11-7-3)41(48)50-31-23-17-15-21-29-39(46)52-35-43(33-44,34-45)36-53-40(47)30-22-16-18-24-32-51-42(49)38(26-12-8-4)28-20-14-10-6-2/h37-38,44-45H,5-36H2,1-4H3. The minimum absolute atomic E-state index is 0.00590. The monoisotopic (exact) mass is 757 g/mol. The van der Waals surface area contributed by atoms with Crippen LogP contribution in [0.1, 0.15) is 195 Å². The van der Waals surface area contributed by atoms with Gasteiger partial charge in [0.25, 0.3) is 0 Å². The van der Waals surface area contributed by atoms with Crippen molar-refractivity contribution in [3.8, 4) is 0 Å². The summed E-state index contributed by atoms with van der Waals surface area (Å²) in [4.78, 5) is 49.9. The third-order valence-corrected chi connectivity index (χ3v) is 10.1. The molecule has 312 valence electrons. The van der Waals surface area contributed by atoms with Gasteiger partial charge >= 0.3 is 23.9 Å². The Morgan fingerprint density at radius 2 is 0.774 bits per heavy atom. The first-order valence-corrected chi connectivity index (χ1v) is 21.6. The van der Waals surface area contributed by atoms with Crippen molar-refractivity contribution >= 4 is 23.9 Å². The van der Waals surface area contributed by atoms with Crippen molar-refractivity contribution in [2.45, 2.75) is 195 Å². The second-order valence-electron chi connectivity index (χ2n) is 15.2. The number of aliphatic hydroxyl groups is 2. The molecule has 0 radical (unpaired) electrons. The van der Waals surface area contributed by atoms with Gasteiger partial charge in [-0.05, 0) is 51.4 Å². The van der Waals surface area contributed by atoms with E-state index in [4.69, 9.17) is 18.9 Å². The van der Waals surface area contributed by atoms with E-state index in [9.17, 15) is 29.4 Å². The van der Waals surface area contributed by atoms with Crippen LogP contribution in [0.25, 0.3) is 0 Å². The molecule has 2 unspecified atom stereocenters. The van der Waals surface area contributed by atoms with Crippen molar-refractivity contribution < 1.29 is 48.3 Å². The largest absolute Gasteiger partial charge is 0.465 e. The summed E-state index contributed by atoms with van der Waals surface area (Å²) in [6, 6.07) is 0. The van der Waals surface area contributed by atoms with Crippen molar-refractivity contribution in [3.63, 3.8) is 0 Å². The SMILES string of the molecule is CCCCCCC(CCCC)C(=O)OCCCCCCC(=O)OCC(CO)(CO)COC(=O)CCCCCCOC(=O)C(CCCC)CCCCCC. The van der Waals surface area contributed by atoms with Crippen molar-refractivity contribution in [2.24, 2.45) is 17.3 Å². The Bertz CT molecular complexity index is 836. The molecule has 0 aliphatic heterocycles. The summed E-state index contributed by atoms with van der Waals surface area (Å²) >= 11 is 0. The van der Waals surface area contributed by atoms with Crippen LogP contribution in [0, 0.1) is 17.3 Å². The number of ether oxygens (including phenoxy) is 4. The lowest BCUT2D eigenvalue weighted by molar-refractivity contribution is -0.159. The van der Waals surface area contributed by atoms with Crippen LogP contribution in [-0.4, -0.2) is 73.7 Å². The van der Waals surface area contributed by atoms with E-state index in [1.165, 1.54) is 25.7 Å². The molecule has 0 saturated heterocycles. The topological polar surface area (TPSA) is 146 Å². The number of aliphatic hydroxyl groups excluding tert-OH is 2. The Morgan fingerprint density at radius 1 is 0.434 bits per heavy atom. The number of unbranched alkanes of at least 4 members (excludes halogenated alkanes) is 14. The molecule has 0 aromatic heterocycles. The van der Waals surface area contributed by atoms with E-state index in [0.717, 1.165) is 116 Å². The first kappa shape index (κ1) is 50.8. The van der Waals surface area contributed by atoms with Gasteiger partial charge < -0.3 is 29.2 Å². The van der Waals surface area contributed by atoms with Gasteiger partial charge in [0.2, 0.25) is 0 Å². The van der Waals surface area contributed by atoms with E-state index in [1.54, 1.807) is 0 Å².